The number of methoxy groups -OCH3 is 1. The summed E-state index contributed by atoms with van der Waals surface area (Å²) in [4.78, 5) is 23.9. The molecule has 0 spiro atoms. The molecule has 0 atom stereocenters. The Morgan fingerprint density at radius 1 is 1.34 bits per heavy atom. The number of benzene rings is 1. The van der Waals surface area contributed by atoms with Crippen molar-refractivity contribution in [3.8, 4) is 17.3 Å². The first kappa shape index (κ1) is 19.5. The van der Waals surface area contributed by atoms with Crippen LogP contribution < -0.4 is 20.6 Å². The number of nitrogens with zero attached hydrogens (tertiary/aromatic N) is 6. The number of anilines is 1. The van der Waals surface area contributed by atoms with Crippen LogP contribution in [0.25, 0.3) is 5.82 Å². The van der Waals surface area contributed by atoms with Crippen LogP contribution in [0.15, 0.2) is 27.9 Å². The Labute approximate surface area is 163 Å². The maximum Gasteiger partial charge on any atom is 0.308 e. The molecular weight excluding hydrogens is 384 g/mol. The van der Waals surface area contributed by atoms with Crippen molar-refractivity contribution in [2.24, 2.45) is 5.10 Å². The minimum Gasteiger partial charge on any atom is -0.493 e. The molecule has 1 amide bonds. The number of hydrazone groups is 1. The van der Waals surface area contributed by atoms with Gasteiger partial charge in [-0.05, 0) is 29.4 Å². The lowest BCUT2D eigenvalue weighted by Crippen LogP contribution is -2.23. The molecule has 13 nitrogen and oxygen atoms in total. The first-order valence-electron chi connectivity index (χ1n) is 8.12. The van der Waals surface area contributed by atoms with Gasteiger partial charge in [-0.25, -0.2) is 10.1 Å². The molecule has 0 unspecified atom stereocenters. The molecule has 0 aliphatic heterocycles. The van der Waals surface area contributed by atoms with Gasteiger partial charge < -0.3 is 15.2 Å². The number of nitrogen functional groups attached to an aromatic ring is 1. The Bertz CT molecular complexity index is 1090. The topological polar surface area (TPSA) is 173 Å². The molecule has 29 heavy (non-hydrogen) atoms. The number of hydrogen-bond donors (Lipinski definition) is 2. The highest BCUT2D eigenvalue weighted by molar-refractivity contribution is 5.95. The molecule has 2 aromatic heterocycles. The minimum atomic E-state index is -0.636. The van der Waals surface area contributed by atoms with Crippen molar-refractivity contribution < 1.29 is 23.7 Å². The van der Waals surface area contributed by atoms with E-state index in [0.29, 0.717) is 17.0 Å². The van der Waals surface area contributed by atoms with Gasteiger partial charge in [-0.2, -0.15) is 9.78 Å². The van der Waals surface area contributed by atoms with Gasteiger partial charge in [0.05, 0.1) is 19.0 Å². The fourth-order valence-corrected chi connectivity index (χ4v) is 2.37. The van der Waals surface area contributed by atoms with Gasteiger partial charge in [0.1, 0.15) is 0 Å². The van der Waals surface area contributed by atoms with Gasteiger partial charge in [-0.3, -0.25) is 9.59 Å². The van der Waals surface area contributed by atoms with Gasteiger partial charge in [-0.15, -0.1) is 5.10 Å². The van der Waals surface area contributed by atoms with E-state index in [1.54, 1.807) is 25.1 Å². The van der Waals surface area contributed by atoms with E-state index in [1.807, 2.05) is 0 Å². The van der Waals surface area contributed by atoms with Crippen molar-refractivity contribution in [3.63, 3.8) is 0 Å². The molecule has 0 saturated heterocycles. The predicted molar refractivity (Wildman–Crippen MR) is 97.7 cm³/mol. The van der Waals surface area contributed by atoms with E-state index in [-0.39, 0.29) is 23.1 Å². The van der Waals surface area contributed by atoms with Crippen LogP contribution >= 0.6 is 0 Å². The summed E-state index contributed by atoms with van der Waals surface area (Å²) in [6.07, 6.45) is 1.30. The molecule has 3 N–H and O–H groups in total. The second-order valence-electron chi connectivity index (χ2n) is 5.58. The average molecular weight is 400 g/mol. The van der Waals surface area contributed by atoms with E-state index in [2.05, 4.69) is 35.8 Å². The molecule has 150 valence electrons. The molecule has 1 aromatic carbocycles. The quantitative estimate of drug-likeness (QED) is 0.252. The number of hydrogen-bond acceptors (Lipinski definition) is 11. The van der Waals surface area contributed by atoms with Crippen molar-refractivity contribution in [1.82, 2.24) is 30.7 Å². The molecule has 0 saturated carbocycles. The number of ether oxygens (including phenoxy) is 2. The summed E-state index contributed by atoms with van der Waals surface area (Å²) in [6, 6.07) is 4.94. The van der Waals surface area contributed by atoms with Gasteiger partial charge in [0, 0.05) is 12.5 Å². The van der Waals surface area contributed by atoms with Crippen molar-refractivity contribution in [1.29, 1.82) is 0 Å². The van der Waals surface area contributed by atoms with E-state index < -0.39 is 11.9 Å². The lowest BCUT2D eigenvalue weighted by molar-refractivity contribution is -0.132. The maximum atomic E-state index is 12.6. The number of aryl methyl sites for hydroxylation is 1. The molecule has 3 aromatic rings. The minimum absolute atomic E-state index is 0.0182. The normalized spacial score (nSPS) is 10.9. The Morgan fingerprint density at radius 3 is 2.79 bits per heavy atom. The summed E-state index contributed by atoms with van der Waals surface area (Å²) in [5.74, 6) is -0.701. The molecule has 0 aliphatic carbocycles. The van der Waals surface area contributed by atoms with Crippen LogP contribution in [0.3, 0.4) is 0 Å². The lowest BCUT2D eigenvalue weighted by Gasteiger charge is -2.10. The molecule has 0 radical (unpaired) electrons. The zero-order chi connectivity index (χ0) is 21.0. The molecule has 0 fully saturated rings. The zero-order valence-electron chi connectivity index (χ0n) is 15.6. The molecular formula is C16H16N8O5. The molecule has 0 aliphatic rings. The summed E-state index contributed by atoms with van der Waals surface area (Å²) < 4.78 is 15.9. The van der Waals surface area contributed by atoms with Crippen LogP contribution in [0.5, 0.6) is 11.5 Å². The number of rotatable bonds is 6. The third-order valence-corrected chi connectivity index (χ3v) is 3.59. The predicted octanol–water partition coefficient (Wildman–Crippen LogP) is 0.239. The number of nitrogens with two attached hydrogens (primary N) is 1. The number of esters is 1. The average Bonchev–Trinajstić information content (AvgIpc) is 3.27. The highest BCUT2D eigenvalue weighted by Crippen LogP contribution is 2.30. The number of aromatic nitrogens is 5. The monoisotopic (exact) mass is 400 g/mol. The molecule has 2 heterocycles. The summed E-state index contributed by atoms with van der Waals surface area (Å²) in [7, 11) is 1.44. The number of para-hydroxylation sites is 1. The largest absolute Gasteiger partial charge is 0.493 e. The first-order valence-corrected chi connectivity index (χ1v) is 8.12. The van der Waals surface area contributed by atoms with Gasteiger partial charge in [0.25, 0.3) is 5.91 Å². The van der Waals surface area contributed by atoms with E-state index in [9.17, 15) is 9.59 Å². The van der Waals surface area contributed by atoms with Crippen molar-refractivity contribution in [3.05, 3.63) is 35.2 Å². The fraction of sp³-hybridized carbons (Fsp3) is 0.188. The Balaban J connectivity index is 1.84. The number of carbonyl (C=O) groups is 2. The van der Waals surface area contributed by atoms with Gasteiger partial charge in [0.2, 0.25) is 11.6 Å². The second-order valence-corrected chi connectivity index (χ2v) is 5.58. The van der Waals surface area contributed by atoms with Crippen molar-refractivity contribution in [2.45, 2.75) is 13.8 Å². The van der Waals surface area contributed by atoms with Gasteiger partial charge in [0.15, 0.2) is 17.2 Å². The van der Waals surface area contributed by atoms with E-state index in [4.69, 9.17) is 15.2 Å². The summed E-state index contributed by atoms with van der Waals surface area (Å²) in [6.45, 7) is 2.84. The highest BCUT2D eigenvalue weighted by Gasteiger charge is 2.22. The third-order valence-electron chi connectivity index (χ3n) is 3.59. The van der Waals surface area contributed by atoms with E-state index in [1.165, 1.54) is 20.2 Å². The fourth-order valence-electron chi connectivity index (χ4n) is 2.37. The van der Waals surface area contributed by atoms with Crippen molar-refractivity contribution >= 4 is 23.9 Å². The third kappa shape index (κ3) is 4.02. The lowest BCUT2D eigenvalue weighted by atomic mass is 10.2. The molecule has 3 rings (SSSR count). The van der Waals surface area contributed by atoms with Gasteiger partial charge >= 0.3 is 5.97 Å². The van der Waals surface area contributed by atoms with Crippen LogP contribution in [-0.2, 0) is 4.79 Å². The van der Waals surface area contributed by atoms with Crippen LogP contribution in [0, 0.1) is 6.92 Å². The van der Waals surface area contributed by atoms with Crippen LogP contribution in [0.2, 0.25) is 0 Å². The Hall–Kier alpha value is -4.29. The van der Waals surface area contributed by atoms with Crippen molar-refractivity contribution in [2.75, 3.05) is 12.8 Å². The van der Waals surface area contributed by atoms with E-state index >= 15 is 0 Å². The smallest absolute Gasteiger partial charge is 0.308 e. The molecule has 0 bridgehead atoms. The van der Waals surface area contributed by atoms with E-state index in [0.717, 1.165) is 4.68 Å². The number of carbonyl (C=O) groups excluding carboxylic acids is 2. The Kier molecular flexibility index (Phi) is 5.48. The van der Waals surface area contributed by atoms with Crippen LogP contribution in [0.4, 0.5) is 5.82 Å². The standard InChI is InChI=1S/C16H16N8O5/c1-8-12(24(23-19-8)15-14(17)21-29-22-15)16(26)20-18-7-10-5-4-6-11(27-3)13(10)28-9(2)25/h4-7H,1-3H3,(H2,17,21)(H,20,26)/b18-7-. The summed E-state index contributed by atoms with van der Waals surface area (Å²) in [5, 5.41) is 18.6. The zero-order valence-corrected chi connectivity index (χ0v) is 15.6. The number of nitrogens with one attached hydrogen (secondary N) is 1. The SMILES string of the molecule is COc1cccc(/C=N\NC(=O)c2c(C)nnn2-c2nonc2N)c1OC(C)=O. The maximum absolute atomic E-state index is 12.6. The Morgan fingerprint density at radius 2 is 2.14 bits per heavy atom. The van der Waals surface area contributed by atoms with Crippen LogP contribution in [0.1, 0.15) is 28.7 Å². The molecule has 13 heteroatoms. The van der Waals surface area contributed by atoms with Gasteiger partial charge in [-0.1, -0.05) is 11.3 Å². The van der Waals surface area contributed by atoms with Crippen LogP contribution in [-0.4, -0.2) is 50.5 Å². The first-order chi connectivity index (χ1) is 13.9. The highest BCUT2D eigenvalue weighted by atomic mass is 16.6. The second kappa shape index (κ2) is 8.16. The number of amides is 1. The summed E-state index contributed by atoms with van der Waals surface area (Å²) >= 11 is 0. The summed E-state index contributed by atoms with van der Waals surface area (Å²) in [5.41, 5.74) is 8.74.